The molecule has 7 aromatic rings. The van der Waals surface area contributed by atoms with E-state index in [1.165, 1.54) is 61.4 Å². The van der Waals surface area contributed by atoms with E-state index in [0.717, 1.165) is 11.4 Å². The van der Waals surface area contributed by atoms with Crippen LogP contribution in [0.1, 0.15) is 49.9 Å². The molecule has 0 aromatic heterocycles. The Morgan fingerprint density at radius 3 is 1.22 bits per heavy atom. The van der Waals surface area contributed by atoms with Crippen molar-refractivity contribution in [1.82, 2.24) is 0 Å². The van der Waals surface area contributed by atoms with Gasteiger partial charge < -0.3 is 9.80 Å². The van der Waals surface area contributed by atoms with Crippen molar-refractivity contribution in [3.63, 3.8) is 0 Å². The van der Waals surface area contributed by atoms with Crippen LogP contribution >= 0.6 is 0 Å². The van der Waals surface area contributed by atoms with Crippen molar-refractivity contribution in [2.75, 3.05) is 9.80 Å². The fourth-order valence-corrected chi connectivity index (χ4v) is 8.46. The largest absolute Gasteiger partial charge is 0.311 e. The summed E-state index contributed by atoms with van der Waals surface area (Å²) in [5.41, 5.74) is 16.1. The molecule has 2 nitrogen and oxygen atoms in total. The predicted octanol–water partition coefficient (Wildman–Crippen LogP) is 10.4. The van der Waals surface area contributed by atoms with E-state index in [0.29, 0.717) is 0 Å². The van der Waals surface area contributed by atoms with E-state index < -0.39 is 0 Å². The highest BCUT2D eigenvalue weighted by Gasteiger charge is 2.44. The van der Waals surface area contributed by atoms with Gasteiger partial charge in [-0.2, -0.15) is 0 Å². The summed E-state index contributed by atoms with van der Waals surface area (Å²) < 4.78 is 0. The minimum Gasteiger partial charge on any atom is -0.311 e. The molecule has 3 heteroatoms. The number of benzene rings is 7. The first-order valence-corrected chi connectivity index (χ1v) is 18.1. The predicted molar refractivity (Wildman–Crippen MR) is 218 cm³/mol. The Morgan fingerprint density at radius 2 is 0.725 bits per heavy atom. The van der Waals surface area contributed by atoms with Crippen LogP contribution in [0.4, 0.5) is 34.1 Å². The fourth-order valence-electron chi connectivity index (χ4n) is 8.46. The first kappa shape index (κ1) is 31.2. The summed E-state index contributed by atoms with van der Waals surface area (Å²) in [6, 6.07) is 64.9. The molecule has 0 N–H and O–H groups in total. The number of hydrogen-bond donors (Lipinski definition) is 0. The van der Waals surface area contributed by atoms with Crippen molar-refractivity contribution in [3.8, 4) is 0 Å². The van der Waals surface area contributed by atoms with Crippen LogP contribution < -0.4 is 26.2 Å². The molecule has 0 unspecified atom stereocenters. The Morgan fingerprint density at radius 1 is 0.353 bits per heavy atom. The van der Waals surface area contributed by atoms with Gasteiger partial charge in [-0.25, -0.2) is 0 Å². The average Bonchev–Trinajstić information content (AvgIpc) is 3.18. The number of fused-ring (bicyclic) bond motifs is 4. The van der Waals surface area contributed by atoms with Crippen molar-refractivity contribution in [1.29, 1.82) is 0 Å². The second-order valence-corrected chi connectivity index (χ2v) is 15.0. The quantitative estimate of drug-likeness (QED) is 0.164. The van der Waals surface area contributed by atoms with Crippen LogP contribution in [0.5, 0.6) is 0 Å². The zero-order valence-corrected chi connectivity index (χ0v) is 29.7. The Labute approximate surface area is 302 Å². The van der Waals surface area contributed by atoms with E-state index in [1.54, 1.807) is 0 Å². The highest BCUT2D eigenvalue weighted by Crippen LogP contribution is 2.47. The maximum absolute atomic E-state index is 2.52. The van der Waals surface area contributed by atoms with Gasteiger partial charge in [-0.15, -0.1) is 0 Å². The number of para-hydroxylation sites is 3. The van der Waals surface area contributed by atoms with Crippen LogP contribution in [-0.4, -0.2) is 6.71 Å². The van der Waals surface area contributed by atoms with Gasteiger partial charge in [-0.3, -0.25) is 0 Å². The smallest absolute Gasteiger partial charge is 0.252 e. The van der Waals surface area contributed by atoms with Crippen LogP contribution in [0, 0.1) is 0 Å². The molecule has 0 bridgehead atoms. The molecule has 0 amide bonds. The molecule has 2 heterocycles. The molecule has 0 spiro atoms. The van der Waals surface area contributed by atoms with Gasteiger partial charge in [0, 0.05) is 45.0 Å². The third kappa shape index (κ3) is 4.94. The maximum Gasteiger partial charge on any atom is 0.252 e. The van der Waals surface area contributed by atoms with Crippen molar-refractivity contribution >= 4 is 57.2 Å². The number of hydrogen-bond acceptors (Lipinski definition) is 2. The topological polar surface area (TPSA) is 6.48 Å². The summed E-state index contributed by atoms with van der Waals surface area (Å²) in [5.74, 6) is 0. The molecule has 0 aliphatic carbocycles. The van der Waals surface area contributed by atoms with E-state index in [1.807, 2.05) is 0 Å². The monoisotopic (exact) mass is 656 g/mol. The van der Waals surface area contributed by atoms with Gasteiger partial charge in [0.15, 0.2) is 0 Å². The molecule has 0 saturated carbocycles. The molecule has 51 heavy (non-hydrogen) atoms. The third-order valence-corrected chi connectivity index (χ3v) is 11.5. The van der Waals surface area contributed by atoms with E-state index in [2.05, 4.69) is 213 Å². The van der Waals surface area contributed by atoms with E-state index in [-0.39, 0.29) is 17.5 Å². The second-order valence-electron chi connectivity index (χ2n) is 15.0. The lowest BCUT2D eigenvalue weighted by atomic mass is 9.33. The molecule has 2 aliphatic heterocycles. The zero-order valence-electron chi connectivity index (χ0n) is 29.7. The summed E-state index contributed by atoms with van der Waals surface area (Å²) in [5, 5.41) is 0. The van der Waals surface area contributed by atoms with Crippen molar-refractivity contribution < 1.29 is 0 Å². The van der Waals surface area contributed by atoms with E-state index >= 15 is 0 Å². The van der Waals surface area contributed by atoms with Crippen LogP contribution in [0.2, 0.25) is 0 Å². The Bertz CT molecular complexity index is 2360. The molecular weight excluding hydrogens is 615 g/mol. The standard InChI is InChI=1S/C48H41BN2/c1-47(2,34-18-8-5-9-19-34)36-28-30-39(31-29-36)51-43-27-17-15-25-41(43)49-40-24-14-16-26-42(40)50(38-22-12-7-13-23-38)44-32-37(33-45(51)46(44)49)48(3,4)35-20-10-6-11-21-35/h5-33H,1-4H3. The summed E-state index contributed by atoms with van der Waals surface area (Å²) in [6.45, 7) is 9.46. The molecule has 7 aromatic carbocycles. The number of anilines is 6. The maximum atomic E-state index is 2.52. The average molecular weight is 657 g/mol. The fraction of sp³-hybridized carbons (Fsp3) is 0.125. The van der Waals surface area contributed by atoms with Gasteiger partial charge in [0.1, 0.15) is 0 Å². The SMILES string of the molecule is CC(C)(c1ccccc1)c1ccc(N2c3ccccc3B3c4ccccc4N(c4ccccc4)c4cc(C(C)(C)c5ccccc5)cc2c43)cc1. The Hall–Kier alpha value is -5.80. The highest BCUT2D eigenvalue weighted by molar-refractivity contribution is 7.00. The second kappa shape index (κ2) is 11.9. The lowest BCUT2D eigenvalue weighted by Gasteiger charge is -2.45. The Kier molecular flexibility index (Phi) is 7.29. The van der Waals surface area contributed by atoms with Crippen LogP contribution in [0.25, 0.3) is 0 Å². The third-order valence-electron chi connectivity index (χ3n) is 11.5. The molecule has 2 aliphatic rings. The van der Waals surface area contributed by atoms with E-state index in [4.69, 9.17) is 0 Å². The molecular formula is C48H41BN2. The summed E-state index contributed by atoms with van der Waals surface area (Å²) >= 11 is 0. The van der Waals surface area contributed by atoms with Crippen molar-refractivity contribution in [2.24, 2.45) is 0 Å². The van der Waals surface area contributed by atoms with Crippen LogP contribution in [0.15, 0.2) is 176 Å². The first-order chi connectivity index (χ1) is 24.8. The highest BCUT2D eigenvalue weighted by atomic mass is 15.2. The summed E-state index contributed by atoms with van der Waals surface area (Å²) in [6.07, 6.45) is 0. The van der Waals surface area contributed by atoms with Crippen LogP contribution in [-0.2, 0) is 10.8 Å². The van der Waals surface area contributed by atoms with Gasteiger partial charge in [-0.05, 0) is 87.2 Å². The first-order valence-electron chi connectivity index (χ1n) is 18.1. The van der Waals surface area contributed by atoms with Gasteiger partial charge >= 0.3 is 0 Å². The summed E-state index contributed by atoms with van der Waals surface area (Å²) in [7, 11) is 0. The van der Waals surface area contributed by atoms with Crippen LogP contribution in [0.3, 0.4) is 0 Å². The zero-order chi connectivity index (χ0) is 34.7. The number of rotatable bonds is 6. The number of nitrogens with zero attached hydrogens (tertiary/aromatic N) is 2. The van der Waals surface area contributed by atoms with E-state index in [9.17, 15) is 0 Å². The lowest BCUT2D eigenvalue weighted by Crippen LogP contribution is -2.61. The molecule has 0 radical (unpaired) electrons. The molecule has 0 atom stereocenters. The lowest BCUT2D eigenvalue weighted by molar-refractivity contribution is 0.640. The van der Waals surface area contributed by atoms with Gasteiger partial charge in [0.05, 0.1) is 0 Å². The normalized spacial score (nSPS) is 13.4. The minimum absolute atomic E-state index is 0.101. The van der Waals surface area contributed by atoms with Crippen molar-refractivity contribution in [3.05, 3.63) is 198 Å². The summed E-state index contributed by atoms with van der Waals surface area (Å²) in [4.78, 5) is 5.01. The molecule has 246 valence electrons. The van der Waals surface area contributed by atoms with Crippen molar-refractivity contribution in [2.45, 2.75) is 38.5 Å². The van der Waals surface area contributed by atoms with Gasteiger partial charge in [-0.1, -0.05) is 155 Å². The van der Waals surface area contributed by atoms with Gasteiger partial charge in [0.25, 0.3) is 6.71 Å². The minimum atomic E-state index is -0.242. The molecule has 9 rings (SSSR count). The molecule has 0 saturated heterocycles. The molecule has 0 fully saturated rings. The van der Waals surface area contributed by atoms with Gasteiger partial charge in [0.2, 0.25) is 0 Å². The Balaban J connectivity index is 1.31.